The number of ether oxygens (including phenoxy) is 1. The SMILES string of the molecule is CCOCCC(c1cccc2cc(C(N)=S)[nH]c12)S(=O)(=O)c1cccs1. The van der Waals surface area contributed by atoms with Gasteiger partial charge in [-0.3, -0.25) is 0 Å². The number of thiocarbonyl (C=S) groups is 1. The van der Waals surface area contributed by atoms with Crippen LogP contribution >= 0.6 is 23.6 Å². The van der Waals surface area contributed by atoms with Crippen molar-refractivity contribution in [2.24, 2.45) is 5.73 Å². The van der Waals surface area contributed by atoms with Gasteiger partial charge in [0.15, 0.2) is 9.84 Å². The molecule has 0 fully saturated rings. The fraction of sp³-hybridized carbons (Fsp3) is 0.278. The summed E-state index contributed by atoms with van der Waals surface area (Å²) in [6.45, 7) is 2.80. The van der Waals surface area contributed by atoms with Crippen molar-refractivity contribution in [3.05, 3.63) is 53.0 Å². The summed E-state index contributed by atoms with van der Waals surface area (Å²) in [5.74, 6) is 0. The number of H-pyrrole nitrogens is 1. The number of sulfone groups is 1. The first-order valence-electron chi connectivity index (χ1n) is 8.21. The van der Waals surface area contributed by atoms with Gasteiger partial charge in [-0.15, -0.1) is 11.3 Å². The van der Waals surface area contributed by atoms with E-state index < -0.39 is 15.1 Å². The second-order valence-corrected chi connectivity index (χ2v) is 9.55. The van der Waals surface area contributed by atoms with E-state index in [4.69, 9.17) is 22.7 Å². The number of benzene rings is 1. The number of aromatic nitrogens is 1. The molecule has 138 valence electrons. The summed E-state index contributed by atoms with van der Waals surface area (Å²) < 4.78 is 32.3. The van der Waals surface area contributed by atoms with E-state index in [2.05, 4.69) is 4.98 Å². The Bertz CT molecular complexity index is 1010. The molecule has 0 saturated heterocycles. The van der Waals surface area contributed by atoms with Crippen molar-refractivity contribution in [1.82, 2.24) is 4.98 Å². The van der Waals surface area contributed by atoms with Crippen LogP contribution in [0.25, 0.3) is 10.9 Å². The lowest BCUT2D eigenvalue weighted by atomic mass is 10.1. The lowest BCUT2D eigenvalue weighted by Gasteiger charge is -2.18. The fourth-order valence-electron chi connectivity index (χ4n) is 2.96. The standard InChI is InChI=1S/C18H20N2O3S3/c1-2-23-9-8-15(26(21,22)16-7-4-10-25-16)13-6-3-5-12-11-14(18(19)24)20-17(12)13/h3-7,10-11,15,20H,2,8-9H2,1H3,(H2,19,24). The molecule has 0 aliphatic rings. The molecule has 0 aliphatic carbocycles. The normalized spacial score (nSPS) is 13.1. The van der Waals surface area contributed by atoms with E-state index >= 15 is 0 Å². The van der Waals surface area contributed by atoms with Crippen molar-refractivity contribution in [1.29, 1.82) is 0 Å². The summed E-state index contributed by atoms with van der Waals surface area (Å²) in [7, 11) is -3.54. The third-order valence-corrected chi connectivity index (χ3v) is 7.98. The summed E-state index contributed by atoms with van der Waals surface area (Å²) in [6, 6.07) is 10.8. The molecule has 8 heteroatoms. The highest BCUT2D eigenvalue weighted by atomic mass is 32.2. The van der Waals surface area contributed by atoms with E-state index in [0.717, 1.165) is 10.9 Å². The molecule has 1 unspecified atom stereocenters. The zero-order valence-electron chi connectivity index (χ0n) is 14.3. The number of nitrogens with two attached hydrogens (primary N) is 1. The maximum Gasteiger partial charge on any atom is 0.194 e. The summed E-state index contributed by atoms with van der Waals surface area (Å²) in [5.41, 5.74) is 7.81. The first-order valence-corrected chi connectivity index (χ1v) is 11.0. The Kier molecular flexibility index (Phi) is 5.76. The van der Waals surface area contributed by atoms with E-state index in [-0.39, 0.29) is 4.99 Å². The van der Waals surface area contributed by atoms with E-state index in [1.54, 1.807) is 17.5 Å². The summed E-state index contributed by atoms with van der Waals surface area (Å²) in [5, 5.41) is 1.94. The molecular weight excluding hydrogens is 388 g/mol. The van der Waals surface area contributed by atoms with Gasteiger partial charge < -0.3 is 15.5 Å². The third kappa shape index (κ3) is 3.68. The van der Waals surface area contributed by atoms with Crippen molar-refractivity contribution < 1.29 is 13.2 Å². The molecule has 0 amide bonds. The van der Waals surface area contributed by atoms with E-state index in [9.17, 15) is 8.42 Å². The van der Waals surface area contributed by atoms with Crippen molar-refractivity contribution in [3.8, 4) is 0 Å². The number of hydrogen-bond donors (Lipinski definition) is 2. The molecule has 1 aromatic carbocycles. The van der Waals surface area contributed by atoms with Crippen LogP contribution in [0.1, 0.15) is 29.9 Å². The van der Waals surface area contributed by atoms with Crippen molar-refractivity contribution in [3.63, 3.8) is 0 Å². The van der Waals surface area contributed by atoms with Crippen LogP contribution in [0.3, 0.4) is 0 Å². The minimum Gasteiger partial charge on any atom is -0.388 e. The van der Waals surface area contributed by atoms with E-state index in [1.165, 1.54) is 11.3 Å². The first-order chi connectivity index (χ1) is 12.4. The van der Waals surface area contributed by atoms with Gasteiger partial charge >= 0.3 is 0 Å². The Labute approximate surface area is 162 Å². The molecule has 0 spiro atoms. The van der Waals surface area contributed by atoms with Crippen molar-refractivity contribution >= 4 is 49.3 Å². The van der Waals surface area contributed by atoms with Crippen LogP contribution in [0.15, 0.2) is 46.0 Å². The second kappa shape index (κ2) is 7.87. The lowest BCUT2D eigenvalue weighted by molar-refractivity contribution is 0.144. The maximum absolute atomic E-state index is 13.3. The average molecular weight is 409 g/mol. The van der Waals surface area contributed by atoms with Crippen LogP contribution < -0.4 is 5.73 Å². The van der Waals surface area contributed by atoms with Gasteiger partial charge in [-0.1, -0.05) is 36.5 Å². The quantitative estimate of drug-likeness (QED) is 0.437. The highest BCUT2D eigenvalue weighted by Crippen LogP contribution is 2.37. The largest absolute Gasteiger partial charge is 0.388 e. The van der Waals surface area contributed by atoms with Gasteiger partial charge in [-0.2, -0.15) is 0 Å². The number of thiophene rings is 1. The molecule has 3 N–H and O–H groups in total. The van der Waals surface area contributed by atoms with Gasteiger partial charge in [-0.05, 0) is 36.4 Å². The number of para-hydroxylation sites is 1. The molecule has 0 radical (unpaired) electrons. The number of fused-ring (bicyclic) bond motifs is 1. The molecule has 3 aromatic rings. The summed E-state index contributed by atoms with van der Waals surface area (Å²) in [4.78, 5) is 3.43. The van der Waals surface area contributed by atoms with Gasteiger partial charge in [0.05, 0.1) is 16.5 Å². The van der Waals surface area contributed by atoms with E-state index in [1.807, 2.05) is 31.2 Å². The highest BCUT2D eigenvalue weighted by Gasteiger charge is 2.31. The highest BCUT2D eigenvalue weighted by molar-refractivity contribution is 7.93. The zero-order valence-corrected chi connectivity index (χ0v) is 16.7. The molecule has 3 rings (SSSR count). The monoisotopic (exact) mass is 408 g/mol. The molecule has 2 aromatic heterocycles. The van der Waals surface area contributed by atoms with Crippen molar-refractivity contribution in [2.75, 3.05) is 13.2 Å². The summed E-state index contributed by atoms with van der Waals surface area (Å²) >= 11 is 6.27. The molecule has 0 saturated carbocycles. The predicted octanol–water partition coefficient (Wildman–Crippen LogP) is 3.81. The van der Waals surface area contributed by atoms with Crippen LogP contribution in [-0.4, -0.2) is 31.6 Å². The van der Waals surface area contributed by atoms with Gasteiger partial charge in [0.2, 0.25) is 0 Å². The van der Waals surface area contributed by atoms with Crippen molar-refractivity contribution in [2.45, 2.75) is 22.8 Å². The fourth-order valence-corrected chi connectivity index (χ4v) is 6.05. The van der Waals surface area contributed by atoms with Crippen LogP contribution in [0, 0.1) is 0 Å². The first kappa shape index (κ1) is 19.0. The molecular formula is C18H20N2O3S3. The second-order valence-electron chi connectivity index (χ2n) is 5.81. The minimum atomic E-state index is -3.54. The Morgan fingerprint density at radius 1 is 1.35 bits per heavy atom. The van der Waals surface area contributed by atoms with Gasteiger partial charge in [-0.25, -0.2) is 8.42 Å². The van der Waals surface area contributed by atoms with Crippen LogP contribution in [-0.2, 0) is 14.6 Å². The smallest absolute Gasteiger partial charge is 0.194 e. The van der Waals surface area contributed by atoms with Gasteiger partial charge in [0.25, 0.3) is 0 Å². The third-order valence-electron chi connectivity index (χ3n) is 4.18. The van der Waals surface area contributed by atoms with Gasteiger partial charge in [0.1, 0.15) is 9.20 Å². The zero-order chi connectivity index (χ0) is 18.7. The Morgan fingerprint density at radius 3 is 2.81 bits per heavy atom. The predicted molar refractivity (Wildman–Crippen MR) is 110 cm³/mol. The maximum atomic E-state index is 13.3. The number of aromatic amines is 1. The molecule has 0 bridgehead atoms. The Balaban J connectivity index is 2.13. The van der Waals surface area contributed by atoms with E-state index in [0.29, 0.717) is 35.1 Å². The Hall–Kier alpha value is -1.74. The Morgan fingerprint density at radius 2 is 2.15 bits per heavy atom. The van der Waals surface area contributed by atoms with Gasteiger partial charge in [0, 0.05) is 18.6 Å². The summed E-state index contributed by atoms with van der Waals surface area (Å²) in [6.07, 6.45) is 0.370. The molecule has 5 nitrogen and oxygen atoms in total. The minimum absolute atomic E-state index is 0.249. The van der Waals surface area contributed by atoms with Crippen LogP contribution in [0.5, 0.6) is 0 Å². The number of rotatable bonds is 8. The molecule has 0 aliphatic heterocycles. The van der Waals surface area contributed by atoms with Crippen LogP contribution in [0.4, 0.5) is 0 Å². The molecule has 26 heavy (non-hydrogen) atoms. The van der Waals surface area contributed by atoms with Crippen LogP contribution in [0.2, 0.25) is 0 Å². The topological polar surface area (TPSA) is 85.2 Å². The molecule has 1 atom stereocenters. The number of nitrogens with one attached hydrogen (secondary N) is 1. The average Bonchev–Trinajstić information content (AvgIpc) is 3.27. The molecule has 2 heterocycles. The lowest BCUT2D eigenvalue weighted by Crippen LogP contribution is -2.16. The number of hydrogen-bond acceptors (Lipinski definition) is 5.